The van der Waals surface area contributed by atoms with Gasteiger partial charge in [0.15, 0.2) is 0 Å². The summed E-state index contributed by atoms with van der Waals surface area (Å²) in [6.45, 7) is 3.91. The molecule has 1 fully saturated rings. The van der Waals surface area contributed by atoms with E-state index >= 15 is 0 Å². The van der Waals surface area contributed by atoms with Gasteiger partial charge in [0.05, 0.1) is 16.8 Å². The molecule has 0 spiro atoms. The molecule has 4 rings (SSSR count). The zero-order valence-electron chi connectivity index (χ0n) is 18.3. The van der Waals surface area contributed by atoms with Gasteiger partial charge in [0.1, 0.15) is 12.0 Å². The van der Waals surface area contributed by atoms with Gasteiger partial charge < -0.3 is 9.80 Å². The minimum atomic E-state index is -4.58. The maximum Gasteiger partial charge on any atom is 0.416 e. The van der Waals surface area contributed by atoms with Crippen molar-refractivity contribution in [3.05, 3.63) is 71.0 Å². The number of piperazine rings is 1. The predicted octanol–water partition coefficient (Wildman–Crippen LogP) is 3.71. The molecule has 178 valence electrons. The lowest BCUT2D eigenvalue weighted by Crippen LogP contribution is -2.62. The zero-order chi connectivity index (χ0) is 24.7. The maximum absolute atomic E-state index is 13.1. The average molecular weight is 493 g/mol. The molecule has 2 aromatic heterocycles. The zero-order valence-corrected chi connectivity index (χ0v) is 19.0. The van der Waals surface area contributed by atoms with Gasteiger partial charge in [-0.05, 0) is 44.2 Å². The van der Waals surface area contributed by atoms with Gasteiger partial charge in [0, 0.05) is 30.9 Å². The Bertz CT molecular complexity index is 1240. The normalized spacial score (nSPS) is 15.9. The van der Waals surface area contributed by atoms with Crippen LogP contribution in [0.5, 0.6) is 0 Å². The van der Waals surface area contributed by atoms with E-state index in [1.165, 1.54) is 15.9 Å². The lowest BCUT2D eigenvalue weighted by atomic mass is 9.98. The molecule has 0 radical (unpaired) electrons. The minimum absolute atomic E-state index is 0.0210. The molecular formula is C22H20ClF3N6O2. The number of alkyl halides is 3. The van der Waals surface area contributed by atoms with Crippen molar-refractivity contribution < 1.29 is 22.8 Å². The van der Waals surface area contributed by atoms with Crippen molar-refractivity contribution in [2.24, 2.45) is 0 Å². The number of hydrogen-bond acceptors (Lipinski definition) is 5. The molecule has 1 aliphatic heterocycles. The van der Waals surface area contributed by atoms with Gasteiger partial charge in [-0.1, -0.05) is 17.7 Å². The van der Waals surface area contributed by atoms with Crippen molar-refractivity contribution in [1.82, 2.24) is 29.5 Å². The van der Waals surface area contributed by atoms with Crippen LogP contribution in [0, 0.1) is 0 Å². The molecule has 0 bridgehead atoms. The lowest BCUT2D eigenvalue weighted by molar-refractivity contribution is -0.137. The van der Waals surface area contributed by atoms with Crippen LogP contribution in [0.4, 0.5) is 13.2 Å². The number of nitrogens with zero attached hydrogens (tertiary/aromatic N) is 6. The molecule has 1 aliphatic rings. The van der Waals surface area contributed by atoms with Crippen LogP contribution in [0.1, 0.15) is 40.5 Å². The van der Waals surface area contributed by atoms with Gasteiger partial charge in [-0.15, -0.1) is 5.10 Å². The van der Waals surface area contributed by atoms with Gasteiger partial charge in [-0.2, -0.15) is 13.2 Å². The monoisotopic (exact) mass is 492 g/mol. The van der Waals surface area contributed by atoms with Gasteiger partial charge >= 0.3 is 6.18 Å². The molecule has 0 N–H and O–H groups in total. The fourth-order valence-corrected chi connectivity index (χ4v) is 4.00. The molecule has 0 aliphatic carbocycles. The average Bonchev–Trinajstić information content (AvgIpc) is 3.27. The summed E-state index contributed by atoms with van der Waals surface area (Å²) in [6.07, 6.45) is -2.21. The molecule has 3 aromatic rings. The Morgan fingerprint density at radius 3 is 2.50 bits per heavy atom. The SMILES string of the molecule is CC1(C)CN(C(=O)c2cc(C(F)(F)F)ccn2)CCN1C(=O)c1ncn(-c2cccc(Cl)c2)n1. The molecule has 1 aromatic carbocycles. The Labute approximate surface area is 198 Å². The second kappa shape index (κ2) is 8.71. The first-order chi connectivity index (χ1) is 16.0. The largest absolute Gasteiger partial charge is 0.416 e. The van der Waals surface area contributed by atoms with Crippen LogP contribution in [0.3, 0.4) is 0 Å². The Morgan fingerprint density at radius 1 is 1.06 bits per heavy atom. The van der Waals surface area contributed by atoms with Gasteiger partial charge in [0.25, 0.3) is 11.8 Å². The predicted molar refractivity (Wildman–Crippen MR) is 117 cm³/mol. The number of halogens is 4. The molecule has 34 heavy (non-hydrogen) atoms. The summed E-state index contributed by atoms with van der Waals surface area (Å²) in [5, 5.41) is 4.77. The van der Waals surface area contributed by atoms with Crippen LogP contribution in [0.15, 0.2) is 48.9 Å². The summed E-state index contributed by atoms with van der Waals surface area (Å²) in [6, 6.07) is 8.46. The first-order valence-electron chi connectivity index (χ1n) is 10.3. The van der Waals surface area contributed by atoms with Crippen LogP contribution >= 0.6 is 11.6 Å². The van der Waals surface area contributed by atoms with Crippen molar-refractivity contribution in [1.29, 1.82) is 0 Å². The van der Waals surface area contributed by atoms with Gasteiger partial charge in [-0.25, -0.2) is 9.67 Å². The van der Waals surface area contributed by atoms with Crippen molar-refractivity contribution in [2.45, 2.75) is 25.6 Å². The topological polar surface area (TPSA) is 84.2 Å². The molecule has 0 atom stereocenters. The van der Waals surface area contributed by atoms with Crippen LogP contribution in [-0.2, 0) is 6.18 Å². The minimum Gasteiger partial charge on any atom is -0.333 e. The number of rotatable bonds is 3. The van der Waals surface area contributed by atoms with E-state index in [0.29, 0.717) is 10.7 Å². The lowest BCUT2D eigenvalue weighted by Gasteiger charge is -2.46. The molecule has 0 unspecified atom stereocenters. The fraction of sp³-hybridized carbons (Fsp3) is 0.318. The van der Waals surface area contributed by atoms with Crippen molar-refractivity contribution in [3.8, 4) is 5.69 Å². The van der Waals surface area contributed by atoms with Crippen LogP contribution < -0.4 is 0 Å². The highest BCUT2D eigenvalue weighted by molar-refractivity contribution is 6.30. The van der Waals surface area contributed by atoms with E-state index in [2.05, 4.69) is 15.1 Å². The first kappa shape index (κ1) is 23.7. The number of carbonyl (C=O) groups is 2. The first-order valence-corrected chi connectivity index (χ1v) is 10.7. The summed E-state index contributed by atoms with van der Waals surface area (Å²) < 4.78 is 40.5. The van der Waals surface area contributed by atoms with E-state index in [1.807, 2.05) is 0 Å². The molecule has 12 heteroatoms. The van der Waals surface area contributed by atoms with E-state index in [1.54, 1.807) is 43.0 Å². The Kier molecular flexibility index (Phi) is 6.07. The summed E-state index contributed by atoms with van der Waals surface area (Å²) in [7, 11) is 0. The fourth-order valence-electron chi connectivity index (χ4n) is 3.82. The number of benzene rings is 1. The van der Waals surface area contributed by atoms with Crippen LogP contribution in [0.2, 0.25) is 5.02 Å². The second-order valence-electron chi connectivity index (χ2n) is 8.42. The Hall–Kier alpha value is -3.47. The van der Waals surface area contributed by atoms with E-state index < -0.39 is 29.1 Å². The maximum atomic E-state index is 13.1. The smallest absolute Gasteiger partial charge is 0.333 e. The highest BCUT2D eigenvalue weighted by atomic mass is 35.5. The quantitative estimate of drug-likeness (QED) is 0.556. The molecule has 0 saturated carbocycles. The summed E-state index contributed by atoms with van der Waals surface area (Å²) in [5.41, 5.74) is -1.43. The number of pyridine rings is 1. The number of amides is 2. The third-order valence-corrected chi connectivity index (χ3v) is 5.73. The van der Waals surface area contributed by atoms with Crippen LogP contribution in [0.25, 0.3) is 5.69 Å². The summed E-state index contributed by atoms with van der Waals surface area (Å²) >= 11 is 6.01. The summed E-state index contributed by atoms with van der Waals surface area (Å²) in [4.78, 5) is 36.9. The van der Waals surface area contributed by atoms with Crippen LogP contribution in [-0.4, -0.2) is 66.5 Å². The number of aromatic nitrogens is 4. The van der Waals surface area contributed by atoms with E-state index in [4.69, 9.17) is 11.6 Å². The van der Waals surface area contributed by atoms with E-state index in [-0.39, 0.29) is 31.2 Å². The Morgan fingerprint density at radius 2 is 1.82 bits per heavy atom. The third-order valence-electron chi connectivity index (χ3n) is 5.50. The molecule has 1 saturated heterocycles. The molecule has 2 amide bonds. The number of hydrogen-bond donors (Lipinski definition) is 0. The van der Waals surface area contributed by atoms with E-state index in [0.717, 1.165) is 18.3 Å². The van der Waals surface area contributed by atoms with Crippen molar-refractivity contribution >= 4 is 23.4 Å². The third kappa shape index (κ3) is 4.74. The molecule has 3 heterocycles. The van der Waals surface area contributed by atoms with Crippen molar-refractivity contribution in [3.63, 3.8) is 0 Å². The molecular weight excluding hydrogens is 473 g/mol. The van der Waals surface area contributed by atoms with Gasteiger partial charge in [0.2, 0.25) is 5.82 Å². The summed E-state index contributed by atoms with van der Waals surface area (Å²) in [5.74, 6) is -1.07. The van der Waals surface area contributed by atoms with Gasteiger partial charge in [-0.3, -0.25) is 14.6 Å². The van der Waals surface area contributed by atoms with Crippen molar-refractivity contribution in [2.75, 3.05) is 19.6 Å². The highest BCUT2D eigenvalue weighted by Crippen LogP contribution is 2.30. The highest BCUT2D eigenvalue weighted by Gasteiger charge is 2.40. The van der Waals surface area contributed by atoms with E-state index in [9.17, 15) is 22.8 Å². The standard InChI is InChI=1S/C22H20ClF3N6O2/c1-21(2)12-30(19(33)17-10-14(6-7-27-17)22(24,25)26)8-9-31(21)20(34)18-28-13-32(29-18)16-5-3-4-15(23)11-16/h3-7,10-11,13H,8-9,12H2,1-2H3. The molecule has 8 nitrogen and oxygen atoms in total. The Balaban J connectivity index is 1.49. The number of carbonyl (C=O) groups excluding carboxylic acids is 2. The second-order valence-corrected chi connectivity index (χ2v) is 8.85.